The van der Waals surface area contributed by atoms with Crippen molar-refractivity contribution in [3.05, 3.63) is 48.8 Å². The van der Waals surface area contributed by atoms with Gasteiger partial charge in [0.05, 0.1) is 19.5 Å². The molecule has 14 nitrogen and oxygen atoms in total. The number of aliphatic hydroxyl groups is 1. The first-order valence-corrected chi connectivity index (χ1v) is 16.4. The number of ether oxygens (including phenoxy) is 3. The van der Waals surface area contributed by atoms with Gasteiger partial charge in [-0.15, -0.1) is 0 Å². The number of anilines is 1. The van der Waals surface area contributed by atoms with Gasteiger partial charge in [0.1, 0.15) is 18.4 Å². The van der Waals surface area contributed by atoms with Crippen LogP contribution in [0.3, 0.4) is 0 Å². The Hall–Kier alpha value is -3.95. The van der Waals surface area contributed by atoms with E-state index < -0.39 is 50.2 Å². The number of benzene rings is 2. The molecule has 0 spiro atoms. The number of nitrogens with one attached hydrogen (secondary N) is 1. The molecule has 254 valence electrons. The van der Waals surface area contributed by atoms with Crippen molar-refractivity contribution in [1.82, 2.24) is 24.6 Å². The van der Waals surface area contributed by atoms with E-state index in [9.17, 15) is 14.5 Å². The third-order valence-electron chi connectivity index (χ3n) is 7.34. The van der Waals surface area contributed by atoms with Crippen LogP contribution in [-0.4, -0.2) is 74.1 Å². The molecule has 0 radical (unpaired) electrons. The van der Waals surface area contributed by atoms with Crippen molar-refractivity contribution in [3.63, 3.8) is 0 Å². The minimum absolute atomic E-state index is 0.0151. The van der Waals surface area contributed by atoms with E-state index in [0.29, 0.717) is 5.39 Å². The number of nitrogen functional groups attached to an aromatic ring is 1. The van der Waals surface area contributed by atoms with Gasteiger partial charge < -0.3 is 29.6 Å². The number of halogens is 2. The predicted molar refractivity (Wildman–Crippen MR) is 167 cm³/mol. The Bertz CT molecular complexity index is 1800. The van der Waals surface area contributed by atoms with Crippen molar-refractivity contribution in [2.45, 2.75) is 64.5 Å². The van der Waals surface area contributed by atoms with Crippen LogP contribution in [0.1, 0.15) is 40.8 Å². The highest BCUT2D eigenvalue weighted by molar-refractivity contribution is 7.52. The molecule has 1 saturated heterocycles. The van der Waals surface area contributed by atoms with Crippen LogP contribution in [0.25, 0.3) is 21.9 Å². The molecule has 17 heteroatoms. The average molecular weight is 679 g/mol. The Morgan fingerprint density at radius 3 is 2.64 bits per heavy atom. The fourth-order valence-electron chi connectivity index (χ4n) is 5.01. The van der Waals surface area contributed by atoms with Crippen LogP contribution in [0.2, 0.25) is 0 Å². The minimum atomic E-state index is -4.68. The number of aromatic nitrogens is 4. The van der Waals surface area contributed by atoms with Crippen LogP contribution >= 0.6 is 7.75 Å². The fourth-order valence-corrected chi connectivity index (χ4v) is 6.53. The lowest BCUT2D eigenvalue weighted by atomic mass is 9.97. The number of nitrogens with zero attached hydrogens (tertiary/aromatic N) is 4. The zero-order valence-corrected chi connectivity index (χ0v) is 27.3. The second kappa shape index (κ2) is 13.3. The monoisotopic (exact) mass is 678 g/mol. The van der Waals surface area contributed by atoms with Crippen molar-refractivity contribution in [3.8, 4) is 11.6 Å². The molecule has 1 fully saturated rings. The first-order chi connectivity index (χ1) is 22.2. The van der Waals surface area contributed by atoms with Gasteiger partial charge in [-0.05, 0) is 38.1 Å². The SMILES string of the molecule is CCOc1nc(N)nc2c1ncn2[C@H]1O[C@](F)(COP(=O)(NC(C)C(=O)OCC(C)C)Oc2cccc3ccccc23)[C@@H](O)C1(C)F. The van der Waals surface area contributed by atoms with Gasteiger partial charge in [-0.1, -0.05) is 50.2 Å². The Labute approximate surface area is 269 Å². The van der Waals surface area contributed by atoms with Gasteiger partial charge in [-0.25, -0.2) is 18.3 Å². The molecule has 2 aromatic heterocycles. The molecule has 3 heterocycles. The number of aliphatic hydroxyl groups excluding tert-OH is 1. The van der Waals surface area contributed by atoms with Crippen molar-refractivity contribution in [2.75, 3.05) is 25.6 Å². The molecule has 1 aliphatic rings. The van der Waals surface area contributed by atoms with Crippen LogP contribution in [0.4, 0.5) is 14.7 Å². The summed E-state index contributed by atoms with van der Waals surface area (Å²) >= 11 is 0. The highest BCUT2D eigenvalue weighted by Gasteiger charge is 2.65. The van der Waals surface area contributed by atoms with Crippen LogP contribution in [0.15, 0.2) is 48.8 Å². The third-order valence-corrected chi connectivity index (χ3v) is 8.95. The van der Waals surface area contributed by atoms with Crippen molar-refractivity contribution >= 4 is 41.6 Å². The minimum Gasteiger partial charge on any atom is -0.476 e. The molecule has 4 N–H and O–H groups in total. The molecular weight excluding hydrogens is 641 g/mol. The Balaban J connectivity index is 1.44. The first-order valence-electron chi connectivity index (χ1n) is 14.9. The smallest absolute Gasteiger partial charge is 0.459 e. The topological polar surface area (TPSA) is 182 Å². The quantitative estimate of drug-likeness (QED) is 0.132. The van der Waals surface area contributed by atoms with E-state index in [0.717, 1.165) is 23.2 Å². The number of alkyl halides is 2. The number of nitrogens with two attached hydrogens (primary N) is 1. The number of hydrogen-bond donors (Lipinski definition) is 3. The van der Waals surface area contributed by atoms with Crippen LogP contribution < -0.4 is 20.1 Å². The third kappa shape index (κ3) is 7.02. The van der Waals surface area contributed by atoms with Crippen molar-refractivity contribution in [2.24, 2.45) is 5.92 Å². The summed E-state index contributed by atoms with van der Waals surface area (Å²) in [5.74, 6) is -4.16. The molecule has 0 amide bonds. The van der Waals surface area contributed by atoms with E-state index in [1.54, 1.807) is 43.3 Å². The molecule has 2 aromatic carbocycles. The lowest BCUT2D eigenvalue weighted by molar-refractivity contribution is -0.202. The maximum atomic E-state index is 16.5. The zero-order valence-electron chi connectivity index (χ0n) is 26.4. The van der Waals surface area contributed by atoms with Gasteiger partial charge in [-0.3, -0.25) is 13.9 Å². The number of fused-ring (bicyclic) bond motifs is 2. The van der Waals surface area contributed by atoms with E-state index in [-0.39, 0.29) is 47.9 Å². The highest BCUT2D eigenvalue weighted by Crippen LogP contribution is 2.52. The molecule has 0 bridgehead atoms. The summed E-state index contributed by atoms with van der Waals surface area (Å²) in [4.78, 5) is 24.9. The van der Waals surface area contributed by atoms with E-state index in [2.05, 4.69) is 20.0 Å². The molecule has 4 aromatic rings. The summed E-state index contributed by atoms with van der Waals surface area (Å²) in [6, 6.07) is 10.7. The Morgan fingerprint density at radius 1 is 1.19 bits per heavy atom. The standard InChI is InChI=1S/C30H37F2N6O8P/c1-6-42-24-22-23(35-28(33)36-24)38(16-34-22)27-29(5,31)26(40)30(32,45-27)15-44-47(41,37-18(4)25(39)43-14-17(2)3)46-21-13-9-11-19-10-7-8-12-20(19)21/h7-13,16-18,26-27,40H,6,14-15H2,1-5H3,(H,37,41)(H2,33,35,36)/t18?,26-,27-,29?,30+,47?/m0/s1. The van der Waals surface area contributed by atoms with E-state index in [1.165, 1.54) is 13.0 Å². The maximum absolute atomic E-state index is 16.5. The summed E-state index contributed by atoms with van der Waals surface area (Å²) in [7, 11) is -4.68. The van der Waals surface area contributed by atoms with Gasteiger partial charge in [0.15, 0.2) is 29.2 Å². The van der Waals surface area contributed by atoms with E-state index in [4.69, 9.17) is 29.0 Å². The summed E-state index contributed by atoms with van der Waals surface area (Å²) in [6.07, 6.45) is -3.21. The molecule has 3 unspecified atom stereocenters. The highest BCUT2D eigenvalue weighted by atomic mass is 31.2. The van der Waals surface area contributed by atoms with Crippen LogP contribution in [-0.2, 0) is 23.4 Å². The number of carbonyl (C=O) groups excluding carboxylic acids is 1. The summed E-state index contributed by atoms with van der Waals surface area (Å²) in [5, 5.41) is 14.7. The van der Waals surface area contributed by atoms with E-state index >= 15 is 8.78 Å². The predicted octanol–water partition coefficient (Wildman–Crippen LogP) is 4.63. The van der Waals surface area contributed by atoms with Crippen molar-refractivity contribution in [1.29, 1.82) is 0 Å². The average Bonchev–Trinajstić information content (AvgIpc) is 3.51. The molecule has 0 saturated carbocycles. The summed E-state index contributed by atoms with van der Waals surface area (Å²) in [6.45, 7) is 6.69. The molecular formula is C30H37F2N6O8P. The number of carbonyl (C=O) groups is 1. The van der Waals surface area contributed by atoms with Crippen molar-refractivity contribution < 1.29 is 46.5 Å². The van der Waals surface area contributed by atoms with Gasteiger partial charge in [0.2, 0.25) is 11.8 Å². The first kappa shape index (κ1) is 34.4. The molecule has 1 aliphatic heterocycles. The van der Waals surface area contributed by atoms with E-state index in [1.807, 2.05) is 13.8 Å². The van der Waals surface area contributed by atoms with Gasteiger partial charge >= 0.3 is 13.7 Å². The molecule has 0 aliphatic carbocycles. The molecule has 47 heavy (non-hydrogen) atoms. The number of imidazole rings is 1. The zero-order chi connectivity index (χ0) is 34.1. The fraction of sp³-hybridized carbons (Fsp3) is 0.467. The summed E-state index contributed by atoms with van der Waals surface area (Å²) < 4.78 is 75.5. The number of hydrogen-bond acceptors (Lipinski definition) is 12. The van der Waals surface area contributed by atoms with Gasteiger partial charge in [0.25, 0.3) is 5.85 Å². The van der Waals surface area contributed by atoms with Crippen LogP contribution in [0.5, 0.6) is 11.6 Å². The Morgan fingerprint density at radius 2 is 1.91 bits per heavy atom. The Kier molecular flexibility index (Phi) is 9.71. The molecule has 6 atom stereocenters. The maximum Gasteiger partial charge on any atom is 0.459 e. The van der Waals surface area contributed by atoms with Gasteiger partial charge in [-0.2, -0.15) is 15.1 Å². The number of rotatable bonds is 13. The summed E-state index contributed by atoms with van der Waals surface area (Å²) in [5.41, 5.74) is 3.05. The van der Waals surface area contributed by atoms with Crippen LogP contribution in [0, 0.1) is 5.92 Å². The van der Waals surface area contributed by atoms with Gasteiger partial charge in [0, 0.05) is 5.39 Å². The second-order valence-electron chi connectivity index (χ2n) is 11.7. The second-order valence-corrected chi connectivity index (χ2v) is 13.4. The lowest BCUT2D eigenvalue weighted by Crippen LogP contribution is -2.47. The number of esters is 1. The normalized spacial score (nSPS) is 24.8. The molecule has 5 rings (SSSR count). The lowest BCUT2D eigenvalue weighted by Gasteiger charge is -2.28. The largest absolute Gasteiger partial charge is 0.476 e.